The van der Waals surface area contributed by atoms with E-state index in [4.69, 9.17) is 4.42 Å². The number of benzene rings is 1. The molecule has 0 spiro atoms. The molecule has 0 radical (unpaired) electrons. The number of Topliss-reactive ketones (excluding diaryl/α,β-unsaturated/α-hetero) is 1. The minimum Gasteiger partial charge on any atom is -0.468 e. The number of ketones is 1. The predicted octanol–water partition coefficient (Wildman–Crippen LogP) is 3.70. The molecule has 1 aromatic heterocycles. The Kier molecular flexibility index (Phi) is 3.64. The third-order valence-corrected chi connectivity index (χ3v) is 3.46. The summed E-state index contributed by atoms with van der Waals surface area (Å²) >= 11 is 1.40. The molecule has 88 valence electrons. The zero-order valence-electron chi connectivity index (χ0n) is 9.27. The van der Waals surface area contributed by atoms with Gasteiger partial charge in [0, 0.05) is 10.5 Å². The quantitative estimate of drug-likeness (QED) is 0.612. The SMILES string of the molecule is Cc1occc1SCC(=O)c1cccc(F)c1. The summed E-state index contributed by atoms with van der Waals surface area (Å²) in [4.78, 5) is 12.7. The molecule has 0 bridgehead atoms. The van der Waals surface area contributed by atoms with Crippen LogP contribution in [0.3, 0.4) is 0 Å². The summed E-state index contributed by atoms with van der Waals surface area (Å²) in [6.45, 7) is 1.84. The van der Waals surface area contributed by atoms with Crippen LogP contribution in [0.15, 0.2) is 45.9 Å². The third kappa shape index (κ3) is 2.97. The number of hydrogen-bond acceptors (Lipinski definition) is 3. The number of rotatable bonds is 4. The molecule has 0 saturated heterocycles. The van der Waals surface area contributed by atoms with E-state index in [1.165, 1.54) is 30.0 Å². The zero-order valence-corrected chi connectivity index (χ0v) is 10.1. The molecule has 0 aliphatic rings. The van der Waals surface area contributed by atoms with Crippen LogP contribution in [-0.4, -0.2) is 11.5 Å². The van der Waals surface area contributed by atoms with Crippen LogP contribution in [0.5, 0.6) is 0 Å². The van der Waals surface area contributed by atoms with E-state index in [1.54, 1.807) is 12.3 Å². The number of aryl methyl sites for hydroxylation is 1. The van der Waals surface area contributed by atoms with E-state index in [2.05, 4.69) is 0 Å². The van der Waals surface area contributed by atoms with Crippen molar-refractivity contribution in [3.8, 4) is 0 Å². The van der Waals surface area contributed by atoms with Crippen LogP contribution < -0.4 is 0 Å². The minimum absolute atomic E-state index is 0.0879. The largest absolute Gasteiger partial charge is 0.468 e. The highest BCUT2D eigenvalue weighted by atomic mass is 32.2. The predicted molar refractivity (Wildman–Crippen MR) is 64.9 cm³/mol. The fourth-order valence-corrected chi connectivity index (χ4v) is 2.27. The van der Waals surface area contributed by atoms with E-state index in [9.17, 15) is 9.18 Å². The molecule has 2 aromatic rings. The number of thioether (sulfide) groups is 1. The Hall–Kier alpha value is -1.55. The Balaban J connectivity index is 2.01. The van der Waals surface area contributed by atoms with Gasteiger partial charge in [0.05, 0.1) is 12.0 Å². The fourth-order valence-electron chi connectivity index (χ4n) is 1.41. The van der Waals surface area contributed by atoms with Crippen molar-refractivity contribution in [1.29, 1.82) is 0 Å². The van der Waals surface area contributed by atoms with Gasteiger partial charge in [-0.25, -0.2) is 4.39 Å². The maximum Gasteiger partial charge on any atom is 0.173 e. The highest BCUT2D eigenvalue weighted by Gasteiger charge is 2.09. The zero-order chi connectivity index (χ0) is 12.3. The smallest absolute Gasteiger partial charge is 0.173 e. The highest BCUT2D eigenvalue weighted by Crippen LogP contribution is 2.23. The van der Waals surface area contributed by atoms with E-state index in [1.807, 2.05) is 13.0 Å². The topological polar surface area (TPSA) is 30.2 Å². The van der Waals surface area contributed by atoms with Gasteiger partial charge in [0.2, 0.25) is 0 Å². The second-order valence-corrected chi connectivity index (χ2v) is 4.58. The van der Waals surface area contributed by atoms with Gasteiger partial charge in [-0.15, -0.1) is 11.8 Å². The molecule has 0 unspecified atom stereocenters. The minimum atomic E-state index is -0.389. The van der Waals surface area contributed by atoms with Crippen molar-refractivity contribution in [2.45, 2.75) is 11.8 Å². The van der Waals surface area contributed by atoms with E-state index < -0.39 is 0 Å². The molecular weight excluding hydrogens is 239 g/mol. The van der Waals surface area contributed by atoms with Crippen molar-refractivity contribution >= 4 is 17.5 Å². The van der Waals surface area contributed by atoms with Crippen LogP contribution in [0.1, 0.15) is 16.1 Å². The molecule has 2 rings (SSSR count). The Morgan fingerprint density at radius 3 is 2.88 bits per heavy atom. The molecule has 1 aromatic carbocycles. The van der Waals surface area contributed by atoms with E-state index in [0.29, 0.717) is 5.56 Å². The lowest BCUT2D eigenvalue weighted by molar-refractivity contribution is 0.102. The first-order valence-corrected chi connectivity index (χ1v) is 6.11. The molecule has 2 nitrogen and oxygen atoms in total. The molecule has 0 saturated carbocycles. The average molecular weight is 250 g/mol. The van der Waals surface area contributed by atoms with Gasteiger partial charge in [-0.2, -0.15) is 0 Å². The molecule has 1 heterocycles. The summed E-state index contributed by atoms with van der Waals surface area (Å²) in [5.41, 5.74) is 0.402. The van der Waals surface area contributed by atoms with Gasteiger partial charge in [-0.3, -0.25) is 4.79 Å². The Morgan fingerprint density at radius 1 is 1.41 bits per heavy atom. The number of hydrogen-bond donors (Lipinski definition) is 0. The average Bonchev–Trinajstić information content (AvgIpc) is 2.72. The highest BCUT2D eigenvalue weighted by molar-refractivity contribution is 8.00. The number of carbonyl (C=O) groups excluding carboxylic acids is 1. The fraction of sp³-hybridized carbons (Fsp3) is 0.154. The van der Waals surface area contributed by atoms with Gasteiger partial charge >= 0.3 is 0 Å². The van der Waals surface area contributed by atoms with Crippen LogP contribution in [0.2, 0.25) is 0 Å². The summed E-state index contributed by atoms with van der Waals surface area (Å²) in [6.07, 6.45) is 1.59. The maximum atomic E-state index is 12.9. The van der Waals surface area contributed by atoms with Gasteiger partial charge in [0.15, 0.2) is 5.78 Å². The standard InChI is InChI=1S/C13H11FO2S/c1-9-13(5-6-16-9)17-8-12(15)10-3-2-4-11(14)7-10/h2-7H,8H2,1H3. The van der Waals surface area contributed by atoms with Gasteiger partial charge < -0.3 is 4.42 Å². The van der Waals surface area contributed by atoms with E-state index in [-0.39, 0.29) is 17.4 Å². The van der Waals surface area contributed by atoms with Crippen molar-refractivity contribution in [1.82, 2.24) is 0 Å². The van der Waals surface area contributed by atoms with Gasteiger partial charge in [0.25, 0.3) is 0 Å². The molecular formula is C13H11FO2S. The van der Waals surface area contributed by atoms with Crippen LogP contribution in [0.4, 0.5) is 4.39 Å². The number of furan rings is 1. The second-order valence-electron chi connectivity index (χ2n) is 3.56. The molecule has 17 heavy (non-hydrogen) atoms. The lowest BCUT2D eigenvalue weighted by Crippen LogP contribution is -2.02. The van der Waals surface area contributed by atoms with Crippen molar-refractivity contribution in [2.24, 2.45) is 0 Å². The number of halogens is 1. The first kappa shape index (κ1) is 11.9. The van der Waals surface area contributed by atoms with Crippen LogP contribution >= 0.6 is 11.8 Å². The normalized spacial score (nSPS) is 10.5. The molecule has 0 N–H and O–H groups in total. The van der Waals surface area contributed by atoms with Gasteiger partial charge in [0.1, 0.15) is 11.6 Å². The molecule has 4 heteroatoms. The second kappa shape index (κ2) is 5.19. The summed E-state index contributed by atoms with van der Waals surface area (Å²) in [5, 5.41) is 0. The molecule has 0 amide bonds. The maximum absolute atomic E-state index is 12.9. The third-order valence-electron chi connectivity index (χ3n) is 2.32. The van der Waals surface area contributed by atoms with Crippen LogP contribution in [0.25, 0.3) is 0 Å². The van der Waals surface area contributed by atoms with Crippen LogP contribution in [-0.2, 0) is 0 Å². The van der Waals surface area contributed by atoms with E-state index >= 15 is 0 Å². The van der Waals surface area contributed by atoms with Crippen molar-refractivity contribution in [2.75, 3.05) is 5.75 Å². The van der Waals surface area contributed by atoms with Gasteiger partial charge in [-0.05, 0) is 25.1 Å². The van der Waals surface area contributed by atoms with Crippen molar-refractivity contribution in [3.05, 3.63) is 53.7 Å². The van der Waals surface area contributed by atoms with E-state index in [0.717, 1.165) is 10.7 Å². The lowest BCUT2D eigenvalue weighted by atomic mass is 10.1. The first-order valence-electron chi connectivity index (χ1n) is 5.12. The Labute approximate surface area is 103 Å². The Morgan fingerprint density at radius 2 is 2.24 bits per heavy atom. The van der Waals surface area contributed by atoms with Gasteiger partial charge in [-0.1, -0.05) is 12.1 Å². The summed E-state index contributed by atoms with van der Waals surface area (Å²) in [6, 6.07) is 7.55. The molecule has 0 aliphatic heterocycles. The monoisotopic (exact) mass is 250 g/mol. The lowest BCUT2D eigenvalue weighted by Gasteiger charge is -2.00. The molecule has 0 fully saturated rings. The Bertz CT molecular complexity index is 534. The molecule has 0 aliphatic carbocycles. The van der Waals surface area contributed by atoms with Crippen LogP contribution in [0, 0.1) is 12.7 Å². The first-order chi connectivity index (χ1) is 8.16. The summed E-state index contributed by atoms with van der Waals surface area (Å²) in [5.74, 6) is 0.599. The number of carbonyl (C=O) groups is 1. The molecule has 0 atom stereocenters. The van der Waals surface area contributed by atoms with Crippen molar-refractivity contribution in [3.63, 3.8) is 0 Å². The summed E-state index contributed by atoms with van der Waals surface area (Å²) < 4.78 is 18.1. The van der Waals surface area contributed by atoms with Crippen molar-refractivity contribution < 1.29 is 13.6 Å². The summed E-state index contributed by atoms with van der Waals surface area (Å²) in [7, 11) is 0.